The predicted molar refractivity (Wildman–Crippen MR) is 92.5 cm³/mol. The number of anilines is 1. The Bertz CT molecular complexity index is 982. The van der Waals surface area contributed by atoms with Gasteiger partial charge in [0.15, 0.2) is 0 Å². The lowest BCUT2D eigenvalue weighted by Crippen LogP contribution is -2.20. The van der Waals surface area contributed by atoms with Crippen molar-refractivity contribution in [2.45, 2.75) is 25.8 Å². The van der Waals surface area contributed by atoms with E-state index in [1.54, 1.807) is 12.4 Å². The van der Waals surface area contributed by atoms with Gasteiger partial charge in [-0.25, -0.2) is 0 Å². The molecular formula is C16H12Cl2F2N4O. The molecule has 0 atom stereocenters. The molecule has 1 amide bonds. The van der Waals surface area contributed by atoms with Crippen LogP contribution in [0.2, 0.25) is 10.0 Å². The van der Waals surface area contributed by atoms with Gasteiger partial charge in [0, 0.05) is 34.9 Å². The molecular weight excluding hydrogens is 373 g/mol. The molecule has 4 rings (SSSR count). The number of aromatic nitrogens is 3. The summed E-state index contributed by atoms with van der Waals surface area (Å²) in [6, 6.07) is 1.41. The van der Waals surface area contributed by atoms with Gasteiger partial charge in [-0.1, -0.05) is 23.2 Å². The van der Waals surface area contributed by atoms with Crippen molar-refractivity contribution in [3.63, 3.8) is 0 Å². The number of halogens is 4. The highest BCUT2D eigenvalue weighted by Crippen LogP contribution is 2.46. The molecule has 9 heteroatoms. The molecule has 3 heterocycles. The number of hydrogen-bond donors (Lipinski definition) is 2. The number of alkyl halides is 2. The molecule has 0 unspecified atom stereocenters. The van der Waals surface area contributed by atoms with Gasteiger partial charge in [0.1, 0.15) is 0 Å². The molecule has 0 aliphatic carbocycles. The van der Waals surface area contributed by atoms with Gasteiger partial charge in [0.2, 0.25) is 0 Å². The first-order valence-corrected chi connectivity index (χ1v) is 8.36. The summed E-state index contributed by atoms with van der Waals surface area (Å²) in [6.45, 7) is 0.742. The molecule has 0 saturated heterocycles. The van der Waals surface area contributed by atoms with Crippen LogP contribution in [-0.2, 0) is 17.8 Å². The van der Waals surface area contributed by atoms with Crippen molar-refractivity contribution in [1.82, 2.24) is 14.8 Å². The molecule has 2 N–H and O–H groups in total. The lowest BCUT2D eigenvalue weighted by molar-refractivity contribution is -0.126. The van der Waals surface area contributed by atoms with Crippen LogP contribution in [0.5, 0.6) is 0 Å². The van der Waals surface area contributed by atoms with Crippen LogP contribution in [-0.4, -0.2) is 27.1 Å². The first-order valence-electron chi connectivity index (χ1n) is 7.60. The predicted octanol–water partition coefficient (Wildman–Crippen LogP) is 4.49. The number of amides is 1. The summed E-state index contributed by atoms with van der Waals surface area (Å²) in [6.07, 6.45) is 1.99. The number of aryl methyl sites for hydroxylation is 1. The van der Waals surface area contributed by atoms with Crippen molar-refractivity contribution < 1.29 is 13.6 Å². The topological polar surface area (TPSA) is 62.7 Å². The number of hydrogen-bond acceptors (Lipinski definition) is 2. The minimum atomic E-state index is -3.13. The minimum Gasteiger partial charge on any atom is -0.343 e. The van der Waals surface area contributed by atoms with Crippen LogP contribution in [0, 0.1) is 0 Å². The van der Waals surface area contributed by atoms with Crippen LogP contribution >= 0.6 is 23.2 Å². The number of aromatic amines is 1. The second-order valence-corrected chi connectivity index (χ2v) is 6.58. The number of nitrogens with zero attached hydrogens (tertiary/aromatic N) is 2. The van der Waals surface area contributed by atoms with Crippen molar-refractivity contribution in [3.05, 3.63) is 34.2 Å². The van der Waals surface area contributed by atoms with Crippen LogP contribution < -0.4 is 5.32 Å². The van der Waals surface area contributed by atoms with E-state index in [0.717, 1.165) is 36.2 Å². The highest BCUT2D eigenvalue weighted by atomic mass is 35.5. The summed E-state index contributed by atoms with van der Waals surface area (Å²) in [5.41, 5.74) is 3.50. The Kier molecular flexibility index (Phi) is 3.92. The molecule has 0 saturated carbocycles. The van der Waals surface area contributed by atoms with Crippen molar-refractivity contribution >= 4 is 45.7 Å². The second-order valence-electron chi connectivity index (χ2n) is 5.80. The zero-order valence-electron chi connectivity index (χ0n) is 12.7. The van der Waals surface area contributed by atoms with E-state index >= 15 is 0 Å². The summed E-state index contributed by atoms with van der Waals surface area (Å²) < 4.78 is 27.5. The standard InChI is InChI=1S/C16H12Cl2F2N4O/c17-8-4-9(23-16(25)15(19)20)12-11(7-5-21-22-6-7)10-2-1-3-24(10)14(12)13(8)18/h4-6,15H,1-3H2,(H,21,22)(H,23,25). The Hall–Kier alpha value is -2.12. The van der Waals surface area contributed by atoms with Crippen molar-refractivity contribution in [3.8, 4) is 11.1 Å². The summed E-state index contributed by atoms with van der Waals surface area (Å²) in [7, 11) is 0. The molecule has 2 aromatic heterocycles. The Balaban J connectivity index is 2.06. The van der Waals surface area contributed by atoms with E-state index in [4.69, 9.17) is 23.2 Å². The van der Waals surface area contributed by atoms with Gasteiger partial charge in [0.05, 0.1) is 27.4 Å². The maximum atomic E-state index is 12.7. The maximum Gasteiger partial charge on any atom is 0.315 e. The van der Waals surface area contributed by atoms with Gasteiger partial charge < -0.3 is 9.88 Å². The zero-order valence-corrected chi connectivity index (χ0v) is 14.3. The number of carbonyl (C=O) groups excluding carboxylic acids is 1. The number of rotatable bonds is 3. The Labute approximate surface area is 150 Å². The number of nitrogens with one attached hydrogen (secondary N) is 2. The fourth-order valence-corrected chi connectivity index (χ4v) is 3.88. The SMILES string of the molecule is O=C(Nc1cc(Cl)c(Cl)c2c1c(-c1cn[nH]c1)c1n2CCC1)C(F)F. The molecule has 1 aliphatic rings. The quantitative estimate of drug-likeness (QED) is 0.698. The van der Waals surface area contributed by atoms with E-state index in [1.165, 1.54) is 6.07 Å². The Morgan fingerprint density at radius 3 is 2.88 bits per heavy atom. The van der Waals surface area contributed by atoms with Crippen LogP contribution in [0.4, 0.5) is 14.5 Å². The molecule has 0 spiro atoms. The fraction of sp³-hybridized carbons (Fsp3) is 0.250. The molecule has 1 aliphatic heterocycles. The minimum absolute atomic E-state index is 0.199. The first-order chi connectivity index (χ1) is 12.0. The second kappa shape index (κ2) is 6.00. The molecule has 0 fully saturated rings. The average molecular weight is 385 g/mol. The Morgan fingerprint density at radius 2 is 2.20 bits per heavy atom. The number of fused-ring (bicyclic) bond motifs is 3. The van der Waals surface area contributed by atoms with Gasteiger partial charge in [0.25, 0.3) is 5.91 Å². The number of carbonyl (C=O) groups is 1. The highest BCUT2D eigenvalue weighted by molar-refractivity contribution is 6.46. The van der Waals surface area contributed by atoms with Crippen LogP contribution in [0.15, 0.2) is 18.5 Å². The Morgan fingerprint density at radius 1 is 1.40 bits per heavy atom. The van der Waals surface area contributed by atoms with E-state index in [1.807, 2.05) is 4.57 Å². The third kappa shape index (κ3) is 2.49. The van der Waals surface area contributed by atoms with E-state index in [9.17, 15) is 13.6 Å². The molecule has 0 radical (unpaired) electrons. The number of benzene rings is 1. The maximum absolute atomic E-state index is 12.7. The van der Waals surface area contributed by atoms with Crippen LogP contribution in [0.25, 0.3) is 22.0 Å². The molecule has 25 heavy (non-hydrogen) atoms. The van der Waals surface area contributed by atoms with Crippen molar-refractivity contribution in [1.29, 1.82) is 0 Å². The van der Waals surface area contributed by atoms with Crippen LogP contribution in [0.3, 0.4) is 0 Å². The van der Waals surface area contributed by atoms with Crippen molar-refractivity contribution in [2.75, 3.05) is 5.32 Å². The largest absolute Gasteiger partial charge is 0.343 e. The molecule has 5 nitrogen and oxygen atoms in total. The molecule has 1 aromatic carbocycles. The highest BCUT2D eigenvalue weighted by Gasteiger charge is 2.28. The summed E-state index contributed by atoms with van der Waals surface area (Å²) in [4.78, 5) is 11.6. The fourth-order valence-electron chi connectivity index (χ4n) is 3.43. The van der Waals surface area contributed by atoms with Crippen molar-refractivity contribution in [2.24, 2.45) is 0 Å². The van der Waals surface area contributed by atoms with Crippen LogP contribution in [0.1, 0.15) is 12.1 Å². The smallest absolute Gasteiger partial charge is 0.315 e. The number of H-pyrrole nitrogens is 1. The third-order valence-corrected chi connectivity index (χ3v) is 5.14. The zero-order chi connectivity index (χ0) is 17.7. The van der Waals surface area contributed by atoms with E-state index in [2.05, 4.69) is 15.5 Å². The van der Waals surface area contributed by atoms with E-state index in [-0.39, 0.29) is 10.7 Å². The monoisotopic (exact) mass is 384 g/mol. The lowest BCUT2D eigenvalue weighted by atomic mass is 10.0. The van der Waals surface area contributed by atoms with Gasteiger partial charge in [-0.15, -0.1) is 0 Å². The lowest BCUT2D eigenvalue weighted by Gasteiger charge is -2.11. The first kappa shape index (κ1) is 16.4. The molecule has 3 aromatic rings. The van der Waals surface area contributed by atoms with E-state index in [0.29, 0.717) is 15.9 Å². The third-order valence-electron chi connectivity index (χ3n) is 4.37. The summed E-state index contributed by atoms with van der Waals surface area (Å²) >= 11 is 12.6. The van der Waals surface area contributed by atoms with Gasteiger partial charge in [-0.05, 0) is 18.9 Å². The summed E-state index contributed by atoms with van der Waals surface area (Å²) in [5, 5.41) is 10.1. The van der Waals surface area contributed by atoms with Gasteiger partial charge in [-0.2, -0.15) is 13.9 Å². The van der Waals surface area contributed by atoms with Gasteiger partial charge >= 0.3 is 6.43 Å². The van der Waals surface area contributed by atoms with Gasteiger partial charge in [-0.3, -0.25) is 9.89 Å². The normalized spacial score (nSPS) is 13.6. The van der Waals surface area contributed by atoms with E-state index < -0.39 is 12.3 Å². The summed E-state index contributed by atoms with van der Waals surface area (Å²) in [5.74, 6) is -1.39. The average Bonchev–Trinajstić information content (AvgIpc) is 3.27. The molecule has 130 valence electrons. The molecule has 0 bridgehead atoms.